The van der Waals surface area contributed by atoms with Gasteiger partial charge in [0.1, 0.15) is 6.10 Å². The highest BCUT2D eigenvalue weighted by atomic mass is 16.5. The topological polar surface area (TPSA) is 26.3 Å². The molecule has 0 N–H and O–H groups in total. The van der Waals surface area contributed by atoms with Crippen molar-refractivity contribution in [3.8, 4) is 0 Å². The molecule has 0 radical (unpaired) electrons. The molecule has 0 amide bonds. The zero-order chi connectivity index (χ0) is 8.27. The zero-order valence-electron chi connectivity index (χ0n) is 6.83. The predicted molar refractivity (Wildman–Crippen MR) is 43.1 cm³/mol. The van der Waals surface area contributed by atoms with Gasteiger partial charge < -0.3 is 4.74 Å². The summed E-state index contributed by atoms with van der Waals surface area (Å²) in [5.41, 5.74) is 1.10. The quantitative estimate of drug-likeness (QED) is 0.564. The van der Waals surface area contributed by atoms with Gasteiger partial charge in [-0.15, -0.1) is 0 Å². The molecule has 0 bridgehead atoms. The molecule has 60 valence electrons. The van der Waals surface area contributed by atoms with Gasteiger partial charge in [0, 0.05) is 6.92 Å². The number of hydrogen-bond donors (Lipinski definition) is 0. The van der Waals surface area contributed by atoms with E-state index in [-0.39, 0.29) is 12.1 Å². The molecular weight excluding hydrogens is 140 g/mol. The Morgan fingerprint density at radius 1 is 1.73 bits per heavy atom. The Hall–Kier alpha value is -1.05. The largest absolute Gasteiger partial charge is 0.458 e. The number of carbonyl (C=O) groups is 1. The van der Waals surface area contributed by atoms with Crippen LogP contribution in [0.15, 0.2) is 23.8 Å². The Balaban J connectivity index is 2.47. The molecule has 0 heterocycles. The molecule has 0 saturated heterocycles. The van der Waals surface area contributed by atoms with Crippen LogP contribution in [0.1, 0.15) is 20.3 Å². The third-order valence-corrected chi connectivity index (χ3v) is 1.61. The summed E-state index contributed by atoms with van der Waals surface area (Å²) in [5, 5.41) is 0. The minimum absolute atomic E-state index is 0.0914. The number of allylic oxidation sites excluding steroid dienone is 2. The molecule has 0 aliphatic heterocycles. The van der Waals surface area contributed by atoms with Gasteiger partial charge >= 0.3 is 5.97 Å². The first-order valence-electron chi connectivity index (χ1n) is 3.74. The molecule has 0 aromatic heterocycles. The molecule has 1 rings (SSSR count). The lowest BCUT2D eigenvalue weighted by Crippen LogP contribution is -2.13. The fourth-order valence-electron chi connectivity index (χ4n) is 1.09. The van der Waals surface area contributed by atoms with Crippen LogP contribution in [0.2, 0.25) is 0 Å². The first kappa shape index (κ1) is 8.05. The maximum atomic E-state index is 10.5. The van der Waals surface area contributed by atoms with Gasteiger partial charge in [0.2, 0.25) is 0 Å². The van der Waals surface area contributed by atoms with E-state index in [1.54, 1.807) is 0 Å². The second kappa shape index (κ2) is 3.37. The van der Waals surface area contributed by atoms with Crippen molar-refractivity contribution >= 4 is 5.97 Å². The van der Waals surface area contributed by atoms with Gasteiger partial charge in [0.15, 0.2) is 0 Å². The van der Waals surface area contributed by atoms with Crippen molar-refractivity contribution in [1.29, 1.82) is 0 Å². The number of hydrogen-bond acceptors (Lipinski definition) is 2. The Morgan fingerprint density at radius 2 is 2.45 bits per heavy atom. The molecule has 0 aromatic carbocycles. The average molecular weight is 152 g/mol. The fraction of sp³-hybridized carbons (Fsp3) is 0.444. The van der Waals surface area contributed by atoms with Crippen LogP contribution in [0.25, 0.3) is 0 Å². The predicted octanol–water partition coefficient (Wildman–Crippen LogP) is 1.82. The van der Waals surface area contributed by atoms with E-state index in [1.165, 1.54) is 6.92 Å². The Labute approximate surface area is 66.5 Å². The molecule has 0 spiro atoms. The molecule has 0 fully saturated rings. The van der Waals surface area contributed by atoms with Crippen LogP contribution in [-0.4, -0.2) is 12.1 Å². The van der Waals surface area contributed by atoms with Crippen LogP contribution in [0.4, 0.5) is 0 Å². The van der Waals surface area contributed by atoms with Crippen LogP contribution >= 0.6 is 0 Å². The molecule has 1 unspecified atom stereocenters. The van der Waals surface area contributed by atoms with Gasteiger partial charge in [0.25, 0.3) is 0 Å². The molecule has 1 aliphatic rings. The third kappa shape index (κ3) is 2.22. The standard InChI is InChI=1S/C9H12O2/c1-7(11-8(2)10)9-5-3-4-6-9/h3,5-7H,4H2,1-2H3. The van der Waals surface area contributed by atoms with E-state index in [2.05, 4.69) is 12.2 Å². The summed E-state index contributed by atoms with van der Waals surface area (Å²) in [7, 11) is 0. The monoisotopic (exact) mass is 152 g/mol. The third-order valence-electron chi connectivity index (χ3n) is 1.61. The summed E-state index contributed by atoms with van der Waals surface area (Å²) < 4.78 is 4.98. The van der Waals surface area contributed by atoms with Crippen molar-refractivity contribution in [2.24, 2.45) is 0 Å². The van der Waals surface area contributed by atoms with Gasteiger partial charge in [-0.2, -0.15) is 0 Å². The minimum Gasteiger partial charge on any atom is -0.458 e. The number of rotatable bonds is 2. The average Bonchev–Trinajstić information content (AvgIpc) is 2.35. The van der Waals surface area contributed by atoms with Crippen LogP contribution in [0.5, 0.6) is 0 Å². The molecule has 2 nitrogen and oxygen atoms in total. The van der Waals surface area contributed by atoms with Crippen LogP contribution in [0.3, 0.4) is 0 Å². The smallest absolute Gasteiger partial charge is 0.303 e. The lowest BCUT2D eigenvalue weighted by Gasteiger charge is -2.10. The summed E-state index contributed by atoms with van der Waals surface area (Å²) in [6.07, 6.45) is 6.98. The van der Waals surface area contributed by atoms with Gasteiger partial charge in [-0.25, -0.2) is 0 Å². The molecule has 11 heavy (non-hydrogen) atoms. The van der Waals surface area contributed by atoms with Gasteiger partial charge in [-0.3, -0.25) is 4.79 Å². The molecule has 1 atom stereocenters. The van der Waals surface area contributed by atoms with Crippen molar-refractivity contribution in [3.63, 3.8) is 0 Å². The highest BCUT2D eigenvalue weighted by Gasteiger charge is 2.10. The molecular formula is C9H12O2. The lowest BCUT2D eigenvalue weighted by atomic mass is 10.2. The van der Waals surface area contributed by atoms with Crippen LogP contribution < -0.4 is 0 Å². The summed E-state index contributed by atoms with van der Waals surface area (Å²) in [6, 6.07) is 0. The lowest BCUT2D eigenvalue weighted by molar-refractivity contribution is -0.143. The van der Waals surface area contributed by atoms with Crippen LogP contribution in [-0.2, 0) is 9.53 Å². The summed E-state index contributed by atoms with van der Waals surface area (Å²) >= 11 is 0. The minimum atomic E-state index is -0.223. The van der Waals surface area contributed by atoms with Crippen LogP contribution in [0, 0.1) is 0 Å². The van der Waals surface area contributed by atoms with E-state index in [0.717, 1.165) is 12.0 Å². The van der Waals surface area contributed by atoms with E-state index in [1.807, 2.05) is 13.0 Å². The first-order valence-corrected chi connectivity index (χ1v) is 3.74. The maximum absolute atomic E-state index is 10.5. The zero-order valence-corrected chi connectivity index (χ0v) is 6.83. The van der Waals surface area contributed by atoms with E-state index < -0.39 is 0 Å². The molecule has 1 aliphatic carbocycles. The Kier molecular flexibility index (Phi) is 2.47. The number of ether oxygens (including phenoxy) is 1. The molecule has 0 aromatic rings. The van der Waals surface area contributed by atoms with E-state index in [4.69, 9.17) is 4.74 Å². The fourth-order valence-corrected chi connectivity index (χ4v) is 1.09. The van der Waals surface area contributed by atoms with Gasteiger partial charge in [-0.05, 0) is 18.9 Å². The SMILES string of the molecule is CC(=O)OC(C)C1=CCC=C1. The van der Waals surface area contributed by atoms with Crippen molar-refractivity contribution in [3.05, 3.63) is 23.8 Å². The normalized spacial score (nSPS) is 17.8. The summed E-state index contributed by atoms with van der Waals surface area (Å²) in [6.45, 7) is 3.30. The Bertz CT molecular complexity index is 214. The highest BCUT2D eigenvalue weighted by Crippen LogP contribution is 2.15. The number of esters is 1. The van der Waals surface area contributed by atoms with E-state index in [0.29, 0.717) is 0 Å². The van der Waals surface area contributed by atoms with Crippen molar-refractivity contribution in [1.82, 2.24) is 0 Å². The summed E-state index contributed by atoms with van der Waals surface area (Å²) in [5.74, 6) is -0.223. The first-order chi connectivity index (χ1) is 5.20. The second-order valence-electron chi connectivity index (χ2n) is 2.59. The second-order valence-corrected chi connectivity index (χ2v) is 2.59. The van der Waals surface area contributed by atoms with E-state index in [9.17, 15) is 4.79 Å². The molecule has 2 heteroatoms. The Morgan fingerprint density at radius 3 is 2.91 bits per heavy atom. The summed E-state index contributed by atoms with van der Waals surface area (Å²) in [4.78, 5) is 10.5. The highest BCUT2D eigenvalue weighted by molar-refractivity contribution is 5.66. The van der Waals surface area contributed by atoms with E-state index >= 15 is 0 Å². The molecule has 0 saturated carbocycles. The maximum Gasteiger partial charge on any atom is 0.303 e. The van der Waals surface area contributed by atoms with Crippen molar-refractivity contribution < 1.29 is 9.53 Å². The van der Waals surface area contributed by atoms with Gasteiger partial charge in [0.05, 0.1) is 0 Å². The van der Waals surface area contributed by atoms with Crippen molar-refractivity contribution in [2.45, 2.75) is 26.4 Å². The van der Waals surface area contributed by atoms with Crippen molar-refractivity contribution in [2.75, 3.05) is 0 Å². The van der Waals surface area contributed by atoms with Gasteiger partial charge in [-0.1, -0.05) is 18.2 Å². The number of carbonyl (C=O) groups excluding carboxylic acids is 1.